The van der Waals surface area contributed by atoms with E-state index in [1.54, 1.807) is 12.1 Å². The molecule has 0 N–H and O–H groups in total. The van der Waals surface area contributed by atoms with Crippen LogP contribution >= 0.6 is 15.9 Å². The van der Waals surface area contributed by atoms with Crippen LogP contribution in [0.15, 0.2) is 35.2 Å². The van der Waals surface area contributed by atoms with Gasteiger partial charge in [-0.2, -0.15) is 13.6 Å². The lowest BCUT2D eigenvalue weighted by Crippen LogP contribution is -2.49. The van der Waals surface area contributed by atoms with Crippen LogP contribution in [-0.4, -0.2) is 22.6 Å². The standard InChI is InChI=1S/C12H13BBrN3O/c1-16-6-7-17(2)12(16)13-8-10(18)9-4-3-5-11(14)15-9/h3-7H,8H2,1-2H3. The van der Waals surface area contributed by atoms with Gasteiger partial charge in [-0.3, -0.25) is 13.9 Å². The average Bonchev–Trinajstić information content (AvgIpc) is 2.66. The third kappa shape index (κ3) is 2.87. The third-order valence-corrected chi connectivity index (χ3v) is 3.15. The van der Waals surface area contributed by atoms with Crippen LogP contribution in [0.25, 0.3) is 0 Å². The number of hydrogen-bond acceptors (Lipinski definition) is 2. The number of nitrogens with zero attached hydrogens (tertiary/aromatic N) is 3. The van der Waals surface area contributed by atoms with E-state index in [-0.39, 0.29) is 5.78 Å². The summed E-state index contributed by atoms with van der Waals surface area (Å²) in [7, 11) is 5.81. The molecule has 0 saturated carbocycles. The molecular formula is C12H13BBrN3O. The Morgan fingerprint density at radius 3 is 2.94 bits per heavy atom. The molecule has 0 aliphatic heterocycles. The fraction of sp³-hybridized carbons (Fsp3) is 0.250. The Kier molecular flexibility index (Phi) is 3.96. The van der Waals surface area contributed by atoms with E-state index in [2.05, 4.69) is 20.9 Å². The number of carbonyl (C=O) groups excluding carboxylic acids is 1. The maximum atomic E-state index is 12.0. The van der Waals surface area contributed by atoms with E-state index in [4.69, 9.17) is 0 Å². The Hall–Kier alpha value is -1.43. The van der Waals surface area contributed by atoms with Gasteiger partial charge in [0.2, 0.25) is 0 Å². The molecule has 2 aromatic heterocycles. The zero-order valence-corrected chi connectivity index (χ0v) is 11.9. The Labute approximate surface area is 115 Å². The molecule has 0 aliphatic carbocycles. The highest BCUT2D eigenvalue weighted by molar-refractivity contribution is 9.10. The summed E-state index contributed by atoms with van der Waals surface area (Å²) in [6.07, 6.45) is 4.25. The number of Topliss-reactive ketones (excluding diaryl/α,β-unsaturated/α-hetero) is 1. The molecule has 0 bridgehead atoms. The molecule has 0 spiro atoms. The van der Waals surface area contributed by atoms with Gasteiger partial charge in [-0.15, -0.1) is 0 Å². The summed E-state index contributed by atoms with van der Waals surface area (Å²) in [5.74, 6) is 0.0116. The molecule has 0 atom stereocenters. The van der Waals surface area contributed by atoms with Gasteiger partial charge in [0, 0.05) is 5.72 Å². The molecule has 92 valence electrons. The maximum absolute atomic E-state index is 12.0. The van der Waals surface area contributed by atoms with E-state index >= 15 is 0 Å². The number of aromatic nitrogens is 3. The molecule has 2 radical (unpaired) electrons. The number of rotatable bonds is 4. The highest BCUT2D eigenvalue weighted by atomic mass is 79.9. The molecule has 0 aliphatic rings. The lowest BCUT2D eigenvalue weighted by molar-refractivity contribution is -0.653. The molecule has 4 nitrogen and oxygen atoms in total. The third-order valence-electron chi connectivity index (χ3n) is 2.71. The largest absolute Gasteiger partial charge is 0.296 e. The zero-order chi connectivity index (χ0) is 13.1. The highest BCUT2D eigenvalue weighted by Gasteiger charge is 2.05. The molecule has 18 heavy (non-hydrogen) atoms. The molecule has 0 amide bonds. The van der Waals surface area contributed by atoms with E-state index in [0.29, 0.717) is 16.6 Å². The monoisotopic (exact) mass is 305 g/mol. The lowest BCUT2D eigenvalue weighted by Gasteiger charge is -2.11. The predicted molar refractivity (Wildman–Crippen MR) is 73.1 cm³/mol. The molecule has 0 unspecified atom stereocenters. The van der Waals surface area contributed by atoms with E-state index < -0.39 is 0 Å². The molecule has 0 aromatic carbocycles. The van der Waals surface area contributed by atoms with Crippen molar-refractivity contribution in [3.05, 3.63) is 40.9 Å². The summed E-state index contributed by atoms with van der Waals surface area (Å²) >= 11 is 3.26. The molecule has 0 fully saturated rings. The van der Waals surface area contributed by atoms with Gasteiger partial charge < -0.3 is 0 Å². The first kappa shape index (κ1) is 13.0. The fourth-order valence-electron chi connectivity index (χ4n) is 1.74. The highest BCUT2D eigenvalue weighted by Crippen LogP contribution is 2.07. The topological polar surface area (TPSA) is 38.8 Å². The van der Waals surface area contributed by atoms with Crippen LogP contribution in [-0.2, 0) is 14.1 Å². The van der Waals surface area contributed by atoms with Crippen molar-refractivity contribution in [1.82, 2.24) is 9.55 Å². The number of aryl methyl sites for hydroxylation is 2. The van der Waals surface area contributed by atoms with Crippen LogP contribution in [0, 0.1) is 0 Å². The van der Waals surface area contributed by atoms with Gasteiger partial charge in [-0.25, -0.2) is 4.98 Å². The number of hydrogen-bond donors (Lipinski definition) is 0. The minimum Gasteiger partial charge on any atom is -0.296 e. The van der Waals surface area contributed by atoms with Crippen molar-refractivity contribution in [2.75, 3.05) is 0 Å². The van der Waals surface area contributed by atoms with Crippen LogP contribution in [0.4, 0.5) is 0 Å². The summed E-state index contributed by atoms with van der Waals surface area (Å²) in [6.45, 7) is 0. The van der Waals surface area contributed by atoms with E-state index in [0.717, 1.165) is 5.72 Å². The van der Waals surface area contributed by atoms with Crippen molar-refractivity contribution in [3.63, 3.8) is 0 Å². The molecule has 2 heterocycles. The fourth-order valence-corrected chi connectivity index (χ4v) is 2.09. The molecule has 6 heteroatoms. The van der Waals surface area contributed by atoms with Crippen molar-refractivity contribution in [2.24, 2.45) is 14.1 Å². The quantitative estimate of drug-likeness (QED) is 0.360. The van der Waals surface area contributed by atoms with Gasteiger partial charge in [0.25, 0.3) is 0 Å². The summed E-state index contributed by atoms with van der Waals surface area (Å²) in [4.78, 5) is 16.1. The molecule has 2 aromatic rings. The number of ketones is 1. The number of carbonyl (C=O) groups is 1. The van der Waals surface area contributed by atoms with Gasteiger partial charge in [0.15, 0.2) is 0 Å². The summed E-state index contributed by atoms with van der Waals surface area (Å²) in [6, 6.07) is 5.34. The molecule has 0 saturated heterocycles. The number of halogens is 1. The Balaban J connectivity index is 2.05. The van der Waals surface area contributed by atoms with Crippen LogP contribution in [0.1, 0.15) is 10.5 Å². The maximum Gasteiger partial charge on any atom is 0.141 e. The summed E-state index contributed by atoms with van der Waals surface area (Å²) in [5.41, 5.74) is 1.48. The summed E-state index contributed by atoms with van der Waals surface area (Å²) in [5, 5.41) is 0. The zero-order valence-electron chi connectivity index (χ0n) is 10.3. The smallest absolute Gasteiger partial charge is 0.141 e. The molecule has 2 rings (SSSR count). The Morgan fingerprint density at radius 2 is 2.33 bits per heavy atom. The van der Waals surface area contributed by atoms with Gasteiger partial charge in [-0.1, -0.05) is 6.07 Å². The van der Waals surface area contributed by atoms with Crippen molar-refractivity contribution >= 4 is 34.7 Å². The van der Waals surface area contributed by atoms with Crippen LogP contribution in [0.5, 0.6) is 0 Å². The Bertz CT molecular complexity index is 563. The minimum atomic E-state index is 0.0116. The second-order valence-electron chi connectivity index (χ2n) is 4.06. The van der Waals surface area contributed by atoms with Gasteiger partial charge in [0.1, 0.15) is 28.5 Å². The van der Waals surface area contributed by atoms with Crippen LogP contribution < -0.4 is 10.3 Å². The Morgan fingerprint density at radius 1 is 1.56 bits per heavy atom. The van der Waals surface area contributed by atoms with Gasteiger partial charge in [-0.05, 0) is 28.1 Å². The second kappa shape index (κ2) is 5.48. The van der Waals surface area contributed by atoms with Gasteiger partial charge in [0.05, 0.1) is 14.1 Å². The predicted octanol–water partition coefficient (Wildman–Crippen LogP) is 0.638. The summed E-state index contributed by atoms with van der Waals surface area (Å²) < 4.78 is 4.63. The molecular weight excluding hydrogens is 293 g/mol. The first-order chi connectivity index (χ1) is 8.58. The minimum absolute atomic E-state index is 0.0116. The van der Waals surface area contributed by atoms with Crippen molar-refractivity contribution < 1.29 is 9.36 Å². The SMILES string of the molecule is Cn1cc[n+](C)c1[B-]CC(=O)c1cccc(Br)n1. The van der Waals surface area contributed by atoms with Crippen molar-refractivity contribution in [1.29, 1.82) is 0 Å². The van der Waals surface area contributed by atoms with Crippen molar-refractivity contribution in [3.8, 4) is 0 Å². The van der Waals surface area contributed by atoms with E-state index in [9.17, 15) is 4.79 Å². The second-order valence-corrected chi connectivity index (χ2v) is 4.87. The van der Waals surface area contributed by atoms with Crippen molar-refractivity contribution in [2.45, 2.75) is 6.32 Å². The van der Waals surface area contributed by atoms with E-state index in [1.165, 1.54) is 0 Å². The number of imidazole rings is 1. The van der Waals surface area contributed by atoms with E-state index in [1.807, 2.05) is 49.0 Å². The lowest BCUT2D eigenvalue weighted by atomic mass is 9.71. The van der Waals surface area contributed by atoms with Crippen LogP contribution in [0.3, 0.4) is 0 Å². The van der Waals surface area contributed by atoms with Gasteiger partial charge >= 0.3 is 0 Å². The normalized spacial score (nSPS) is 10.6. The number of pyridine rings is 1. The van der Waals surface area contributed by atoms with Crippen LogP contribution in [0.2, 0.25) is 6.32 Å². The first-order valence-corrected chi connectivity index (χ1v) is 6.37. The average molecular weight is 306 g/mol. The first-order valence-electron chi connectivity index (χ1n) is 5.58.